The average Bonchev–Trinajstić information content (AvgIpc) is 2.61. The molecule has 0 atom stereocenters. The highest BCUT2D eigenvalue weighted by atomic mass is 16.5. The Balaban J connectivity index is 1.21. The molecule has 0 aromatic rings. The summed E-state index contributed by atoms with van der Waals surface area (Å²) in [6, 6.07) is 0. The van der Waals surface area contributed by atoms with Crippen LogP contribution in [0.4, 0.5) is 0 Å². The van der Waals surface area contributed by atoms with Crippen LogP contribution in [-0.4, -0.2) is 25.5 Å². The number of carbonyl (C=O) groups excluding carboxylic acids is 2. The molecule has 0 saturated heterocycles. The molecule has 4 aliphatic carbocycles. The van der Waals surface area contributed by atoms with Gasteiger partial charge in [0.05, 0.1) is 7.11 Å². The minimum absolute atomic E-state index is 0.110. The lowest BCUT2D eigenvalue weighted by atomic mass is 9.49. The summed E-state index contributed by atoms with van der Waals surface area (Å²) in [5.74, 6) is 3.01. The van der Waals surface area contributed by atoms with Crippen molar-refractivity contribution in [2.24, 2.45) is 23.2 Å². The lowest BCUT2D eigenvalue weighted by Gasteiger charge is -2.56. The van der Waals surface area contributed by atoms with Crippen molar-refractivity contribution in [2.75, 3.05) is 13.7 Å². The Hall–Kier alpha value is -1.06. The van der Waals surface area contributed by atoms with Gasteiger partial charge in [0.1, 0.15) is 0 Å². The van der Waals surface area contributed by atoms with E-state index in [2.05, 4.69) is 10.1 Å². The maximum Gasteiger partial charge on any atom is 0.305 e. The van der Waals surface area contributed by atoms with Crippen molar-refractivity contribution in [1.82, 2.24) is 5.32 Å². The first kappa shape index (κ1) is 19.7. The Bertz CT molecular complexity index is 452. The summed E-state index contributed by atoms with van der Waals surface area (Å²) in [4.78, 5) is 23.2. The number of hydrogen-bond donors (Lipinski definition) is 1. The number of hydrogen-bond acceptors (Lipinski definition) is 3. The van der Waals surface area contributed by atoms with Crippen molar-refractivity contribution < 1.29 is 14.3 Å². The van der Waals surface area contributed by atoms with Crippen molar-refractivity contribution >= 4 is 11.9 Å². The largest absolute Gasteiger partial charge is 0.469 e. The fourth-order valence-corrected chi connectivity index (χ4v) is 6.25. The number of methoxy groups -OCH3 is 1. The third-order valence-corrected chi connectivity index (χ3v) is 7.09. The third-order valence-electron chi connectivity index (χ3n) is 7.09. The van der Waals surface area contributed by atoms with Crippen LogP contribution in [-0.2, 0) is 14.3 Å². The molecule has 4 heteroatoms. The van der Waals surface area contributed by atoms with Crippen LogP contribution in [0.3, 0.4) is 0 Å². The maximum absolute atomic E-state index is 12.2. The van der Waals surface area contributed by atoms with Gasteiger partial charge in [-0.05, 0) is 74.5 Å². The molecule has 1 amide bonds. The SMILES string of the molecule is COC(=O)CCCCCCCCC(=O)NCC12CC3CC(CC(C3)C1)C2. The monoisotopic (exact) mass is 363 g/mol. The van der Waals surface area contributed by atoms with Crippen molar-refractivity contribution in [1.29, 1.82) is 0 Å². The van der Waals surface area contributed by atoms with E-state index >= 15 is 0 Å². The van der Waals surface area contributed by atoms with Gasteiger partial charge in [-0.3, -0.25) is 9.59 Å². The fraction of sp³-hybridized carbons (Fsp3) is 0.909. The van der Waals surface area contributed by atoms with Gasteiger partial charge in [-0.15, -0.1) is 0 Å². The lowest BCUT2D eigenvalue weighted by molar-refractivity contribution is -0.140. The normalized spacial score (nSPS) is 31.8. The Morgan fingerprint density at radius 3 is 1.88 bits per heavy atom. The molecule has 1 N–H and O–H groups in total. The van der Waals surface area contributed by atoms with Gasteiger partial charge < -0.3 is 10.1 Å². The van der Waals surface area contributed by atoms with Gasteiger partial charge in [0, 0.05) is 19.4 Å². The average molecular weight is 364 g/mol. The Labute approximate surface area is 158 Å². The molecule has 0 unspecified atom stereocenters. The highest BCUT2D eigenvalue weighted by Crippen LogP contribution is 2.59. The minimum Gasteiger partial charge on any atom is -0.469 e. The predicted octanol–water partition coefficient (Wildman–Crippen LogP) is 4.61. The van der Waals surface area contributed by atoms with Gasteiger partial charge in [0.15, 0.2) is 0 Å². The molecule has 0 spiro atoms. The van der Waals surface area contributed by atoms with Gasteiger partial charge >= 0.3 is 5.97 Å². The standard InChI is InChI=1S/C22H37NO3/c1-26-21(25)9-7-5-3-2-4-6-8-20(24)23-16-22-13-17-10-18(14-22)12-19(11-17)15-22/h17-19H,2-16H2,1H3,(H,23,24). The number of unbranched alkanes of at least 4 members (excludes halogenated alkanes) is 5. The van der Waals surface area contributed by atoms with Gasteiger partial charge in [-0.1, -0.05) is 25.7 Å². The number of rotatable bonds is 11. The van der Waals surface area contributed by atoms with E-state index in [1.165, 1.54) is 45.6 Å². The fourth-order valence-electron chi connectivity index (χ4n) is 6.25. The van der Waals surface area contributed by atoms with Crippen LogP contribution in [0.15, 0.2) is 0 Å². The molecule has 0 aliphatic heterocycles. The van der Waals surface area contributed by atoms with Crippen molar-refractivity contribution in [2.45, 2.75) is 89.9 Å². The van der Waals surface area contributed by atoms with E-state index in [1.54, 1.807) is 0 Å². The zero-order chi connectivity index (χ0) is 18.4. The third kappa shape index (κ3) is 5.47. The smallest absolute Gasteiger partial charge is 0.305 e. The summed E-state index contributed by atoms with van der Waals surface area (Å²) in [6.45, 7) is 0.933. The first-order chi connectivity index (χ1) is 12.6. The molecule has 26 heavy (non-hydrogen) atoms. The number of ether oxygens (including phenoxy) is 1. The summed E-state index contributed by atoms with van der Waals surface area (Å²) in [5, 5.41) is 3.28. The first-order valence-corrected chi connectivity index (χ1v) is 10.9. The van der Waals surface area contributed by atoms with Crippen LogP contribution < -0.4 is 5.32 Å². The van der Waals surface area contributed by atoms with Crippen LogP contribution in [0, 0.1) is 23.2 Å². The molecule has 4 rings (SSSR count). The number of amides is 1. The zero-order valence-electron chi connectivity index (χ0n) is 16.6. The van der Waals surface area contributed by atoms with Crippen molar-refractivity contribution in [3.05, 3.63) is 0 Å². The number of esters is 1. The lowest BCUT2D eigenvalue weighted by Crippen LogP contribution is -2.51. The zero-order valence-corrected chi connectivity index (χ0v) is 16.6. The van der Waals surface area contributed by atoms with Crippen LogP contribution in [0.2, 0.25) is 0 Å². The van der Waals surface area contributed by atoms with Crippen LogP contribution >= 0.6 is 0 Å². The molecule has 0 aromatic carbocycles. The van der Waals surface area contributed by atoms with E-state index in [9.17, 15) is 9.59 Å². The quantitative estimate of drug-likeness (QED) is 0.431. The van der Waals surface area contributed by atoms with E-state index in [-0.39, 0.29) is 11.9 Å². The van der Waals surface area contributed by atoms with Gasteiger partial charge in [0.2, 0.25) is 5.91 Å². The van der Waals surface area contributed by atoms with E-state index in [1.807, 2.05) is 0 Å². The second kappa shape index (κ2) is 9.23. The summed E-state index contributed by atoms with van der Waals surface area (Å²) in [7, 11) is 1.44. The molecule has 4 saturated carbocycles. The van der Waals surface area contributed by atoms with E-state index in [4.69, 9.17) is 0 Å². The van der Waals surface area contributed by atoms with E-state index < -0.39 is 0 Å². The Kier molecular flexibility index (Phi) is 6.99. The molecular weight excluding hydrogens is 326 g/mol. The van der Waals surface area contributed by atoms with Gasteiger partial charge in [-0.2, -0.15) is 0 Å². The molecule has 4 nitrogen and oxygen atoms in total. The van der Waals surface area contributed by atoms with Gasteiger partial charge in [-0.25, -0.2) is 0 Å². The number of carbonyl (C=O) groups is 2. The molecular formula is C22H37NO3. The summed E-state index contributed by atoms with van der Waals surface area (Å²) >= 11 is 0. The minimum atomic E-state index is -0.110. The molecule has 148 valence electrons. The Morgan fingerprint density at radius 1 is 0.846 bits per heavy atom. The highest BCUT2D eigenvalue weighted by molar-refractivity contribution is 5.75. The predicted molar refractivity (Wildman–Crippen MR) is 103 cm³/mol. The Morgan fingerprint density at radius 2 is 1.35 bits per heavy atom. The second-order valence-corrected chi connectivity index (χ2v) is 9.39. The van der Waals surface area contributed by atoms with Crippen LogP contribution in [0.1, 0.15) is 89.9 Å². The van der Waals surface area contributed by atoms with Crippen LogP contribution in [0.25, 0.3) is 0 Å². The first-order valence-electron chi connectivity index (χ1n) is 10.9. The van der Waals surface area contributed by atoms with Crippen LogP contribution in [0.5, 0.6) is 0 Å². The molecule has 0 radical (unpaired) electrons. The summed E-state index contributed by atoms with van der Waals surface area (Å²) < 4.78 is 4.64. The van der Waals surface area contributed by atoms with Crippen molar-refractivity contribution in [3.8, 4) is 0 Å². The molecule has 4 fully saturated rings. The summed E-state index contributed by atoms with van der Waals surface area (Å²) in [5.41, 5.74) is 0.448. The summed E-state index contributed by atoms with van der Waals surface area (Å²) in [6.07, 6.45) is 16.1. The van der Waals surface area contributed by atoms with Crippen molar-refractivity contribution in [3.63, 3.8) is 0 Å². The van der Waals surface area contributed by atoms with E-state index in [0.717, 1.165) is 62.8 Å². The molecule has 0 heterocycles. The molecule has 0 aromatic heterocycles. The molecule has 4 bridgehead atoms. The number of nitrogens with one attached hydrogen (secondary N) is 1. The van der Waals surface area contributed by atoms with E-state index in [0.29, 0.717) is 18.3 Å². The second-order valence-electron chi connectivity index (χ2n) is 9.39. The molecule has 4 aliphatic rings. The maximum atomic E-state index is 12.2. The topological polar surface area (TPSA) is 55.4 Å². The van der Waals surface area contributed by atoms with Gasteiger partial charge in [0.25, 0.3) is 0 Å². The highest BCUT2D eigenvalue weighted by Gasteiger charge is 2.50.